The molecule has 6 heteroatoms. The Morgan fingerprint density at radius 2 is 2.29 bits per heavy atom. The number of hydrogen-bond acceptors (Lipinski definition) is 4. The van der Waals surface area contributed by atoms with Crippen LogP contribution < -0.4 is 0 Å². The molecule has 0 aliphatic carbocycles. The van der Waals surface area contributed by atoms with Crippen LogP contribution in [0.3, 0.4) is 0 Å². The molecule has 14 heavy (non-hydrogen) atoms. The lowest BCUT2D eigenvalue weighted by atomic mass is 10.6. The van der Waals surface area contributed by atoms with E-state index >= 15 is 0 Å². The molecule has 0 bridgehead atoms. The first kappa shape index (κ1) is 9.36. The monoisotopic (exact) mass is 212 g/mol. The second kappa shape index (κ2) is 3.89. The fraction of sp³-hybridized carbons (Fsp3) is 0.375. The summed E-state index contributed by atoms with van der Waals surface area (Å²) in [4.78, 5) is 3.91. The molecular weight excluding hydrogens is 204 g/mol. The van der Waals surface area contributed by atoms with E-state index in [0.717, 1.165) is 0 Å². The van der Waals surface area contributed by atoms with Crippen LogP contribution in [0.4, 0.5) is 0 Å². The van der Waals surface area contributed by atoms with Crippen molar-refractivity contribution >= 4 is 17.2 Å². The molecule has 0 aliphatic rings. The van der Waals surface area contributed by atoms with E-state index in [9.17, 15) is 0 Å². The van der Waals surface area contributed by atoms with Gasteiger partial charge < -0.3 is 4.74 Å². The van der Waals surface area contributed by atoms with Gasteiger partial charge in [0.05, 0.1) is 12.4 Å². The molecule has 0 aromatic carbocycles. The van der Waals surface area contributed by atoms with E-state index in [1.807, 2.05) is 6.92 Å². The average Bonchev–Trinajstić information content (AvgIpc) is 2.59. The summed E-state index contributed by atoms with van der Waals surface area (Å²) in [6, 6.07) is 0. The molecule has 0 unspecified atom stereocenters. The van der Waals surface area contributed by atoms with E-state index in [0.29, 0.717) is 29.8 Å². The summed E-state index contributed by atoms with van der Waals surface area (Å²) < 4.78 is 6.95. The van der Waals surface area contributed by atoms with Crippen LogP contribution in [0.15, 0.2) is 12.4 Å². The first-order valence-electron chi connectivity index (χ1n) is 4.24. The normalized spacial score (nSPS) is 11.0. The highest BCUT2D eigenvalue weighted by Crippen LogP contribution is 2.11. The Hall–Kier alpha value is -1.20. The van der Waals surface area contributed by atoms with Crippen LogP contribution in [-0.4, -0.2) is 26.2 Å². The van der Waals surface area contributed by atoms with Crippen molar-refractivity contribution in [1.29, 1.82) is 0 Å². The second-order valence-corrected chi connectivity index (χ2v) is 3.06. The zero-order valence-corrected chi connectivity index (χ0v) is 8.40. The SMILES string of the molecule is CCOCc1nnc2cncc(Cl)n12. The maximum Gasteiger partial charge on any atom is 0.180 e. The molecule has 2 rings (SSSR count). The number of nitrogens with zero attached hydrogens (tertiary/aromatic N) is 4. The number of aromatic nitrogens is 4. The fourth-order valence-electron chi connectivity index (χ4n) is 1.16. The molecule has 0 fully saturated rings. The predicted molar refractivity (Wildman–Crippen MR) is 51.1 cm³/mol. The fourth-order valence-corrected chi connectivity index (χ4v) is 1.40. The van der Waals surface area contributed by atoms with Crippen molar-refractivity contribution in [3.8, 4) is 0 Å². The molecule has 0 atom stereocenters. The highest BCUT2D eigenvalue weighted by molar-refractivity contribution is 6.29. The number of fused-ring (bicyclic) bond motifs is 1. The minimum atomic E-state index is 0.404. The van der Waals surface area contributed by atoms with Crippen molar-refractivity contribution in [2.75, 3.05) is 6.61 Å². The van der Waals surface area contributed by atoms with Gasteiger partial charge in [-0.25, -0.2) is 0 Å². The van der Waals surface area contributed by atoms with Gasteiger partial charge in [-0.05, 0) is 6.92 Å². The minimum Gasteiger partial charge on any atom is -0.374 e. The number of hydrogen-bond donors (Lipinski definition) is 0. The average molecular weight is 213 g/mol. The highest BCUT2D eigenvalue weighted by atomic mass is 35.5. The van der Waals surface area contributed by atoms with Gasteiger partial charge in [-0.2, -0.15) is 0 Å². The zero-order chi connectivity index (χ0) is 9.97. The molecule has 0 aliphatic heterocycles. The molecular formula is C8H9ClN4O. The van der Waals surface area contributed by atoms with Crippen LogP contribution in [-0.2, 0) is 11.3 Å². The largest absolute Gasteiger partial charge is 0.374 e. The van der Waals surface area contributed by atoms with Gasteiger partial charge in [0.1, 0.15) is 11.8 Å². The molecule has 5 nitrogen and oxygen atoms in total. The first-order valence-corrected chi connectivity index (χ1v) is 4.62. The Bertz CT molecular complexity index is 442. The smallest absolute Gasteiger partial charge is 0.180 e. The van der Waals surface area contributed by atoms with E-state index in [4.69, 9.17) is 16.3 Å². The van der Waals surface area contributed by atoms with Crippen LogP contribution in [0, 0.1) is 0 Å². The molecule has 2 aromatic rings. The van der Waals surface area contributed by atoms with E-state index in [1.54, 1.807) is 16.8 Å². The molecule has 0 spiro atoms. The Kier molecular flexibility index (Phi) is 2.60. The topological polar surface area (TPSA) is 52.3 Å². The third-order valence-corrected chi connectivity index (χ3v) is 2.04. The molecule has 2 aromatic heterocycles. The van der Waals surface area contributed by atoms with Crippen LogP contribution in [0.1, 0.15) is 12.7 Å². The summed E-state index contributed by atoms with van der Waals surface area (Å²) in [7, 11) is 0. The highest BCUT2D eigenvalue weighted by Gasteiger charge is 2.07. The molecule has 2 heterocycles. The van der Waals surface area contributed by atoms with Gasteiger partial charge in [-0.15, -0.1) is 10.2 Å². The van der Waals surface area contributed by atoms with Gasteiger partial charge in [-0.1, -0.05) is 11.6 Å². The van der Waals surface area contributed by atoms with E-state index in [2.05, 4.69) is 15.2 Å². The van der Waals surface area contributed by atoms with E-state index < -0.39 is 0 Å². The van der Waals surface area contributed by atoms with Gasteiger partial charge in [0, 0.05) is 6.61 Å². The Morgan fingerprint density at radius 3 is 3.07 bits per heavy atom. The molecule has 74 valence electrons. The lowest BCUT2D eigenvalue weighted by molar-refractivity contribution is 0.127. The summed E-state index contributed by atoms with van der Waals surface area (Å²) >= 11 is 5.95. The van der Waals surface area contributed by atoms with Gasteiger partial charge in [-0.3, -0.25) is 9.38 Å². The lowest BCUT2D eigenvalue weighted by Gasteiger charge is -2.00. The van der Waals surface area contributed by atoms with Crippen molar-refractivity contribution in [2.45, 2.75) is 13.5 Å². The van der Waals surface area contributed by atoms with Gasteiger partial charge in [0.15, 0.2) is 11.5 Å². The lowest BCUT2D eigenvalue weighted by Crippen LogP contribution is -1.99. The van der Waals surface area contributed by atoms with E-state index in [1.165, 1.54) is 0 Å². The minimum absolute atomic E-state index is 0.404. The van der Waals surface area contributed by atoms with Crippen molar-refractivity contribution < 1.29 is 4.74 Å². The first-order chi connectivity index (χ1) is 6.83. The number of ether oxygens (including phenoxy) is 1. The van der Waals surface area contributed by atoms with Crippen LogP contribution in [0.5, 0.6) is 0 Å². The molecule has 0 saturated carbocycles. The molecule has 0 radical (unpaired) electrons. The van der Waals surface area contributed by atoms with E-state index in [-0.39, 0.29) is 0 Å². The van der Waals surface area contributed by atoms with Gasteiger partial charge in [0.25, 0.3) is 0 Å². The Balaban J connectivity index is 2.45. The standard InChI is InChI=1S/C8H9ClN4O/c1-2-14-5-8-12-11-7-4-10-3-6(9)13(7)8/h3-4H,2,5H2,1H3. The summed E-state index contributed by atoms with van der Waals surface area (Å²) in [6.45, 7) is 2.96. The Morgan fingerprint density at radius 1 is 1.43 bits per heavy atom. The summed E-state index contributed by atoms with van der Waals surface area (Å²) in [5, 5.41) is 8.36. The van der Waals surface area contributed by atoms with Crippen molar-refractivity contribution in [1.82, 2.24) is 19.6 Å². The quantitative estimate of drug-likeness (QED) is 0.770. The van der Waals surface area contributed by atoms with Crippen LogP contribution in [0.2, 0.25) is 5.15 Å². The number of rotatable bonds is 3. The Labute approximate surface area is 85.7 Å². The third-order valence-electron chi connectivity index (χ3n) is 1.78. The molecule has 0 N–H and O–H groups in total. The van der Waals surface area contributed by atoms with Crippen LogP contribution >= 0.6 is 11.6 Å². The summed E-state index contributed by atoms with van der Waals surface area (Å²) in [5.41, 5.74) is 0.632. The van der Waals surface area contributed by atoms with Crippen molar-refractivity contribution in [3.63, 3.8) is 0 Å². The second-order valence-electron chi connectivity index (χ2n) is 2.68. The van der Waals surface area contributed by atoms with Gasteiger partial charge >= 0.3 is 0 Å². The maximum absolute atomic E-state index is 5.95. The summed E-state index contributed by atoms with van der Waals surface area (Å²) in [6.07, 6.45) is 3.15. The van der Waals surface area contributed by atoms with Crippen molar-refractivity contribution in [3.05, 3.63) is 23.4 Å². The van der Waals surface area contributed by atoms with Crippen molar-refractivity contribution in [2.24, 2.45) is 0 Å². The maximum atomic E-state index is 5.95. The third kappa shape index (κ3) is 1.56. The van der Waals surface area contributed by atoms with Gasteiger partial charge in [0.2, 0.25) is 0 Å². The van der Waals surface area contributed by atoms with Crippen LogP contribution in [0.25, 0.3) is 5.65 Å². The predicted octanol–water partition coefficient (Wildman–Crippen LogP) is 1.31. The number of halogens is 1. The molecule has 0 amide bonds. The zero-order valence-electron chi connectivity index (χ0n) is 7.64. The molecule has 0 saturated heterocycles. The summed E-state index contributed by atoms with van der Waals surface area (Å²) in [5.74, 6) is 0.689.